The first-order valence-corrected chi connectivity index (χ1v) is 6.19. The van der Waals surface area contributed by atoms with E-state index in [-0.39, 0.29) is 17.2 Å². The summed E-state index contributed by atoms with van der Waals surface area (Å²) >= 11 is 11.9. The Morgan fingerprint density at radius 2 is 2.11 bits per heavy atom. The lowest BCUT2D eigenvalue weighted by molar-refractivity contribution is 0.0992. The van der Waals surface area contributed by atoms with Crippen LogP contribution in [0.4, 0.5) is 0 Å². The second-order valence-corrected chi connectivity index (χ2v) is 4.54. The average molecular weight is 297 g/mol. The second-order valence-electron chi connectivity index (χ2n) is 3.75. The van der Waals surface area contributed by atoms with Crippen LogP contribution in [-0.4, -0.2) is 22.9 Å². The molecule has 4 nitrogen and oxygen atoms in total. The van der Waals surface area contributed by atoms with Gasteiger partial charge in [0.15, 0.2) is 5.78 Å². The first-order chi connectivity index (χ1) is 9.11. The molecule has 0 radical (unpaired) electrons. The molecule has 0 saturated carbocycles. The van der Waals surface area contributed by atoms with Crippen molar-refractivity contribution in [1.82, 2.24) is 9.97 Å². The number of halogens is 2. The van der Waals surface area contributed by atoms with E-state index in [0.29, 0.717) is 22.2 Å². The Morgan fingerprint density at radius 3 is 2.84 bits per heavy atom. The normalized spacial score (nSPS) is 10.3. The molecule has 0 saturated heterocycles. The van der Waals surface area contributed by atoms with Crippen molar-refractivity contribution in [2.75, 3.05) is 7.11 Å². The Hall–Kier alpha value is -1.65. The van der Waals surface area contributed by atoms with Gasteiger partial charge in [0.1, 0.15) is 6.33 Å². The van der Waals surface area contributed by atoms with Gasteiger partial charge in [-0.3, -0.25) is 4.79 Å². The Morgan fingerprint density at radius 1 is 1.32 bits per heavy atom. The van der Waals surface area contributed by atoms with Gasteiger partial charge in [-0.1, -0.05) is 29.3 Å². The van der Waals surface area contributed by atoms with Gasteiger partial charge in [0.05, 0.1) is 29.3 Å². The molecule has 98 valence electrons. The van der Waals surface area contributed by atoms with Crippen LogP contribution in [0.1, 0.15) is 16.1 Å². The maximum Gasteiger partial charge on any atom is 0.216 e. The number of hydrogen-bond donors (Lipinski definition) is 0. The Bertz CT molecular complexity index is 617. The fraction of sp³-hybridized carbons (Fsp3) is 0.154. The van der Waals surface area contributed by atoms with Gasteiger partial charge in [0, 0.05) is 11.6 Å². The van der Waals surface area contributed by atoms with Crippen molar-refractivity contribution >= 4 is 29.0 Å². The molecule has 19 heavy (non-hydrogen) atoms. The molecule has 0 spiro atoms. The van der Waals surface area contributed by atoms with Gasteiger partial charge in [-0.15, -0.1) is 0 Å². The predicted molar refractivity (Wildman–Crippen MR) is 73.1 cm³/mol. The van der Waals surface area contributed by atoms with Crippen LogP contribution in [0, 0.1) is 0 Å². The molecule has 0 aliphatic carbocycles. The molecule has 0 amide bonds. The molecule has 0 unspecified atom stereocenters. The van der Waals surface area contributed by atoms with Crippen LogP contribution in [0.25, 0.3) is 0 Å². The van der Waals surface area contributed by atoms with E-state index < -0.39 is 0 Å². The van der Waals surface area contributed by atoms with Crippen molar-refractivity contribution in [3.05, 3.63) is 51.9 Å². The molecule has 2 aromatic rings. The summed E-state index contributed by atoms with van der Waals surface area (Å²) in [6.45, 7) is 0. The van der Waals surface area contributed by atoms with Crippen molar-refractivity contribution in [2.24, 2.45) is 0 Å². The largest absolute Gasteiger partial charge is 0.481 e. The molecule has 0 N–H and O–H groups in total. The van der Waals surface area contributed by atoms with Crippen LogP contribution < -0.4 is 4.74 Å². The number of carbonyl (C=O) groups is 1. The zero-order chi connectivity index (χ0) is 13.8. The van der Waals surface area contributed by atoms with Gasteiger partial charge < -0.3 is 4.74 Å². The van der Waals surface area contributed by atoms with Crippen LogP contribution in [0.5, 0.6) is 5.88 Å². The second kappa shape index (κ2) is 5.99. The van der Waals surface area contributed by atoms with Gasteiger partial charge in [0.2, 0.25) is 5.88 Å². The molecule has 0 atom stereocenters. The van der Waals surface area contributed by atoms with Crippen LogP contribution >= 0.6 is 23.2 Å². The molecule has 1 aromatic heterocycles. The number of rotatable bonds is 4. The quantitative estimate of drug-likeness (QED) is 0.813. The van der Waals surface area contributed by atoms with E-state index in [0.717, 1.165) is 0 Å². The van der Waals surface area contributed by atoms with Crippen LogP contribution in [-0.2, 0) is 6.42 Å². The lowest BCUT2D eigenvalue weighted by atomic mass is 10.1. The Kier molecular flexibility index (Phi) is 4.35. The molecule has 1 aromatic carbocycles. The van der Waals surface area contributed by atoms with Crippen molar-refractivity contribution in [1.29, 1.82) is 0 Å². The van der Waals surface area contributed by atoms with E-state index in [1.807, 2.05) is 0 Å². The molecular weight excluding hydrogens is 287 g/mol. The zero-order valence-corrected chi connectivity index (χ0v) is 11.6. The minimum Gasteiger partial charge on any atom is -0.481 e. The monoisotopic (exact) mass is 296 g/mol. The summed E-state index contributed by atoms with van der Waals surface area (Å²) in [5, 5.41) is 0.614. The molecule has 0 aliphatic heterocycles. The standard InChI is InChI=1S/C13H10Cl2N2O2/c1-19-12-6-8(16-7-17-12)5-11(18)9-3-2-4-10(14)13(9)15/h2-4,6-7H,5H2,1H3. The summed E-state index contributed by atoms with van der Waals surface area (Å²) < 4.78 is 4.98. The minimum atomic E-state index is -0.159. The van der Waals surface area contributed by atoms with E-state index in [1.54, 1.807) is 24.3 Å². The fourth-order valence-corrected chi connectivity index (χ4v) is 1.97. The maximum atomic E-state index is 12.1. The number of nitrogens with zero attached hydrogens (tertiary/aromatic N) is 2. The van der Waals surface area contributed by atoms with Crippen LogP contribution in [0.3, 0.4) is 0 Å². The summed E-state index contributed by atoms with van der Waals surface area (Å²) in [4.78, 5) is 20.0. The zero-order valence-electron chi connectivity index (χ0n) is 10.1. The van der Waals surface area contributed by atoms with Gasteiger partial charge >= 0.3 is 0 Å². The topological polar surface area (TPSA) is 52.1 Å². The van der Waals surface area contributed by atoms with Crippen molar-refractivity contribution in [2.45, 2.75) is 6.42 Å². The maximum absolute atomic E-state index is 12.1. The highest BCUT2D eigenvalue weighted by Gasteiger charge is 2.14. The lowest BCUT2D eigenvalue weighted by Gasteiger charge is -2.05. The van der Waals surface area contributed by atoms with Crippen LogP contribution in [0.2, 0.25) is 10.0 Å². The van der Waals surface area contributed by atoms with Crippen molar-refractivity contribution < 1.29 is 9.53 Å². The third kappa shape index (κ3) is 3.22. The third-order valence-electron chi connectivity index (χ3n) is 2.50. The summed E-state index contributed by atoms with van der Waals surface area (Å²) in [5.41, 5.74) is 0.944. The first kappa shape index (κ1) is 13.8. The summed E-state index contributed by atoms with van der Waals surface area (Å²) in [6.07, 6.45) is 1.46. The van der Waals surface area contributed by atoms with E-state index in [9.17, 15) is 4.79 Å². The molecule has 0 bridgehead atoms. The Balaban J connectivity index is 2.23. The fourth-order valence-electron chi connectivity index (χ4n) is 1.56. The smallest absolute Gasteiger partial charge is 0.216 e. The lowest BCUT2D eigenvalue weighted by Crippen LogP contribution is -2.06. The van der Waals surface area contributed by atoms with Crippen LogP contribution in [0.15, 0.2) is 30.6 Å². The predicted octanol–water partition coefficient (Wildman–Crippen LogP) is 3.22. The highest BCUT2D eigenvalue weighted by Crippen LogP contribution is 2.26. The van der Waals surface area contributed by atoms with Gasteiger partial charge in [-0.2, -0.15) is 0 Å². The number of aromatic nitrogens is 2. The minimum absolute atomic E-state index is 0.110. The highest BCUT2D eigenvalue weighted by molar-refractivity contribution is 6.43. The first-order valence-electron chi connectivity index (χ1n) is 5.44. The summed E-state index contributed by atoms with van der Waals surface area (Å²) in [6, 6.07) is 6.56. The summed E-state index contributed by atoms with van der Waals surface area (Å²) in [7, 11) is 1.50. The Labute approximate surface area is 120 Å². The van der Waals surface area contributed by atoms with Gasteiger partial charge in [-0.05, 0) is 12.1 Å². The number of ether oxygens (including phenoxy) is 1. The number of hydrogen-bond acceptors (Lipinski definition) is 4. The molecule has 6 heteroatoms. The molecule has 1 heterocycles. The number of carbonyl (C=O) groups excluding carboxylic acids is 1. The van der Waals surface area contributed by atoms with Crippen molar-refractivity contribution in [3.8, 4) is 5.88 Å². The van der Waals surface area contributed by atoms with Crippen molar-refractivity contribution in [3.63, 3.8) is 0 Å². The van der Waals surface area contributed by atoms with Gasteiger partial charge in [0.25, 0.3) is 0 Å². The number of Topliss-reactive ketones (excluding diaryl/α,β-unsaturated/α-hetero) is 1. The molecular formula is C13H10Cl2N2O2. The molecule has 0 aliphatic rings. The molecule has 0 fully saturated rings. The third-order valence-corrected chi connectivity index (χ3v) is 3.32. The number of ketones is 1. The number of methoxy groups -OCH3 is 1. The molecule has 2 rings (SSSR count). The SMILES string of the molecule is COc1cc(CC(=O)c2cccc(Cl)c2Cl)ncn1. The van der Waals surface area contributed by atoms with E-state index in [1.165, 1.54) is 13.4 Å². The number of benzene rings is 1. The van der Waals surface area contributed by atoms with E-state index in [2.05, 4.69) is 9.97 Å². The van der Waals surface area contributed by atoms with E-state index >= 15 is 0 Å². The van der Waals surface area contributed by atoms with Gasteiger partial charge in [-0.25, -0.2) is 9.97 Å². The average Bonchev–Trinajstić information content (AvgIpc) is 2.42. The highest BCUT2D eigenvalue weighted by atomic mass is 35.5. The van der Waals surface area contributed by atoms with E-state index in [4.69, 9.17) is 27.9 Å². The summed E-state index contributed by atoms with van der Waals surface area (Å²) in [5.74, 6) is 0.253.